The molecule has 24 heavy (non-hydrogen) atoms. The Balaban J connectivity index is 2.09. The lowest BCUT2D eigenvalue weighted by molar-refractivity contribution is 0.405. The minimum atomic E-state index is -3.87. The second-order valence-electron chi connectivity index (χ2n) is 4.84. The second kappa shape index (κ2) is 6.23. The molecule has 0 atom stereocenters. The van der Waals surface area contributed by atoms with E-state index in [1.807, 2.05) is 0 Å². The molecule has 0 aliphatic carbocycles. The first-order valence-corrected chi connectivity index (χ1v) is 8.62. The molecule has 3 aromatic rings. The van der Waals surface area contributed by atoms with Crippen LogP contribution in [0.25, 0.3) is 22.8 Å². The van der Waals surface area contributed by atoms with Gasteiger partial charge in [-0.2, -0.15) is 4.98 Å². The molecule has 2 N–H and O–H groups in total. The van der Waals surface area contributed by atoms with Crippen LogP contribution in [0.4, 0.5) is 0 Å². The first-order valence-electron chi connectivity index (χ1n) is 6.69. The Kier molecular flexibility index (Phi) is 4.27. The zero-order valence-corrected chi connectivity index (χ0v) is 14.0. The lowest BCUT2D eigenvalue weighted by atomic mass is 10.2. The Hall–Kier alpha value is -2.42. The van der Waals surface area contributed by atoms with Crippen LogP contribution >= 0.6 is 11.6 Å². The van der Waals surface area contributed by atoms with E-state index in [-0.39, 0.29) is 10.8 Å². The molecular formula is C15H12ClN3O4S. The number of hydrogen-bond acceptors (Lipinski definition) is 6. The van der Waals surface area contributed by atoms with Crippen molar-refractivity contribution in [3.8, 4) is 28.6 Å². The van der Waals surface area contributed by atoms with E-state index in [0.29, 0.717) is 27.7 Å². The number of nitrogens with two attached hydrogens (primary N) is 1. The summed E-state index contributed by atoms with van der Waals surface area (Å²) in [6.45, 7) is 0. The quantitative estimate of drug-likeness (QED) is 0.761. The molecule has 3 rings (SSSR count). The van der Waals surface area contributed by atoms with Gasteiger partial charge in [0, 0.05) is 10.6 Å². The summed E-state index contributed by atoms with van der Waals surface area (Å²) >= 11 is 5.95. The van der Waals surface area contributed by atoms with Gasteiger partial charge in [-0.1, -0.05) is 28.9 Å². The van der Waals surface area contributed by atoms with Crippen LogP contribution in [0.5, 0.6) is 5.75 Å². The van der Waals surface area contributed by atoms with Gasteiger partial charge in [0.05, 0.1) is 17.6 Å². The highest BCUT2D eigenvalue weighted by molar-refractivity contribution is 7.89. The van der Waals surface area contributed by atoms with E-state index in [4.69, 9.17) is 26.0 Å². The molecule has 9 heteroatoms. The predicted octanol–water partition coefficient (Wildman–Crippen LogP) is 2.71. The Morgan fingerprint density at radius 2 is 2.00 bits per heavy atom. The zero-order valence-electron chi connectivity index (χ0n) is 12.4. The largest absolute Gasteiger partial charge is 0.496 e. The third kappa shape index (κ3) is 3.25. The van der Waals surface area contributed by atoms with Gasteiger partial charge in [0.25, 0.3) is 5.89 Å². The van der Waals surface area contributed by atoms with Crippen molar-refractivity contribution in [2.24, 2.45) is 5.14 Å². The summed E-state index contributed by atoms with van der Waals surface area (Å²) < 4.78 is 33.5. The van der Waals surface area contributed by atoms with Crippen molar-refractivity contribution in [2.45, 2.75) is 4.90 Å². The van der Waals surface area contributed by atoms with E-state index in [1.165, 1.54) is 25.3 Å². The number of primary sulfonamides is 1. The number of hydrogen-bond donors (Lipinski definition) is 1. The molecule has 0 unspecified atom stereocenters. The van der Waals surface area contributed by atoms with Crippen LogP contribution in [0.1, 0.15) is 0 Å². The molecule has 0 fully saturated rings. The molecule has 1 heterocycles. The maximum Gasteiger partial charge on any atom is 0.262 e. The Labute approximate surface area is 143 Å². The summed E-state index contributed by atoms with van der Waals surface area (Å²) in [5, 5.41) is 9.58. The van der Waals surface area contributed by atoms with Gasteiger partial charge >= 0.3 is 0 Å². The molecule has 0 bridgehead atoms. The molecular weight excluding hydrogens is 354 g/mol. The topological polar surface area (TPSA) is 108 Å². The van der Waals surface area contributed by atoms with E-state index in [2.05, 4.69) is 10.1 Å². The summed E-state index contributed by atoms with van der Waals surface area (Å²) in [6, 6.07) is 11.1. The molecule has 124 valence electrons. The third-order valence-electron chi connectivity index (χ3n) is 3.24. The highest BCUT2D eigenvalue weighted by atomic mass is 35.5. The number of methoxy groups -OCH3 is 1. The van der Waals surface area contributed by atoms with Crippen molar-refractivity contribution in [1.82, 2.24) is 10.1 Å². The molecule has 0 aliphatic rings. The van der Waals surface area contributed by atoms with E-state index in [1.54, 1.807) is 24.3 Å². The molecule has 0 saturated carbocycles. The van der Waals surface area contributed by atoms with Crippen LogP contribution in [0.15, 0.2) is 51.9 Å². The Morgan fingerprint density at radius 3 is 2.67 bits per heavy atom. The van der Waals surface area contributed by atoms with Gasteiger partial charge in [0.15, 0.2) is 0 Å². The SMILES string of the molecule is COc1ccc(S(N)(=O)=O)cc1-c1nc(-c2cccc(Cl)c2)no1. The van der Waals surface area contributed by atoms with Crippen molar-refractivity contribution < 1.29 is 17.7 Å². The standard InChI is InChI=1S/C15H12ClN3O4S/c1-22-13-6-5-11(24(17,20)21)8-12(13)15-18-14(19-23-15)9-3-2-4-10(16)7-9/h2-8H,1H3,(H2,17,20,21). The van der Waals surface area contributed by atoms with Crippen LogP contribution in [-0.4, -0.2) is 25.7 Å². The summed E-state index contributed by atoms with van der Waals surface area (Å²) in [7, 11) is -2.42. The smallest absolute Gasteiger partial charge is 0.262 e. The van der Waals surface area contributed by atoms with Crippen LogP contribution in [0.3, 0.4) is 0 Å². The average molecular weight is 366 g/mol. The van der Waals surface area contributed by atoms with E-state index in [0.717, 1.165) is 0 Å². The highest BCUT2D eigenvalue weighted by Gasteiger charge is 2.18. The van der Waals surface area contributed by atoms with Gasteiger partial charge in [-0.15, -0.1) is 0 Å². The number of halogens is 1. The van der Waals surface area contributed by atoms with Crippen molar-refractivity contribution in [3.05, 3.63) is 47.5 Å². The fourth-order valence-corrected chi connectivity index (χ4v) is 2.84. The molecule has 0 radical (unpaired) electrons. The number of nitrogens with zero attached hydrogens (tertiary/aromatic N) is 2. The minimum Gasteiger partial charge on any atom is -0.496 e. The first-order chi connectivity index (χ1) is 11.4. The monoisotopic (exact) mass is 365 g/mol. The second-order valence-corrected chi connectivity index (χ2v) is 6.84. The number of sulfonamides is 1. The van der Waals surface area contributed by atoms with Crippen molar-refractivity contribution in [2.75, 3.05) is 7.11 Å². The maximum absolute atomic E-state index is 11.5. The van der Waals surface area contributed by atoms with E-state index < -0.39 is 10.0 Å². The summed E-state index contributed by atoms with van der Waals surface area (Å²) in [4.78, 5) is 4.19. The lowest BCUT2D eigenvalue weighted by Gasteiger charge is -2.06. The summed E-state index contributed by atoms with van der Waals surface area (Å²) in [5.41, 5.74) is 0.990. The van der Waals surface area contributed by atoms with Gasteiger partial charge in [-0.3, -0.25) is 0 Å². The molecule has 0 saturated heterocycles. The van der Waals surface area contributed by atoms with Crippen molar-refractivity contribution in [3.63, 3.8) is 0 Å². The van der Waals surface area contributed by atoms with Gasteiger partial charge in [-0.05, 0) is 30.3 Å². The number of rotatable bonds is 4. The predicted molar refractivity (Wildman–Crippen MR) is 88.1 cm³/mol. The third-order valence-corrected chi connectivity index (χ3v) is 4.38. The number of ether oxygens (including phenoxy) is 1. The Morgan fingerprint density at radius 1 is 1.21 bits per heavy atom. The lowest BCUT2D eigenvalue weighted by Crippen LogP contribution is -2.12. The number of benzene rings is 2. The average Bonchev–Trinajstić information content (AvgIpc) is 3.03. The van der Waals surface area contributed by atoms with E-state index in [9.17, 15) is 8.42 Å². The maximum atomic E-state index is 11.5. The van der Waals surface area contributed by atoms with Crippen LogP contribution in [0.2, 0.25) is 5.02 Å². The normalized spacial score (nSPS) is 11.5. The van der Waals surface area contributed by atoms with Crippen LogP contribution in [-0.2, 0) is 10.0 Å². The van der Waals surface area contributed by atoms with E-state index >= 15 is 0 Å². The molecule has 0 spiro atoms. The molecule has 7 nitrogen and oxygen atoms in total. The van der Waals surface area contributed by atoms with Gasteiger partial charge in [-0.25, -0.2) is 13.6 Å². The number of aromatic nitrogens is 2. The Bertz CT molecular complexity index is 1000. The summed E-state index contributed by atoms with van der Waals surface area (Å²) in [6.07, 6.45) is 0. The van der Waals surface area contributed by atoms with Gasteiger partial charge in [0.2, 0.25) is 15.8 Å². The highest BCUT2D eigenvalue weighted by Crippen LogP contribution is 2.32. The molecule has 1 aromatic heterocycles. The fourth-order valence-electron chi connectivity index (χ4n) is 2.11. The van der Waals surface area contributed by atoms with Crippen LogP contribution in [0, 0.1) is 0 Å². The molecule has 0 aliphatic heterocycles. The van der Waals surface area contributed by atoms with Crippen LogP contribution < -0.4 is 9.88 Å². The van der Waals surface area contributed by atoms with Crippen molar-refractivity contribution >= 4 is 21.6 Å². The summed E-state index contributed by atoms with van der Waals surface area (Å²) in [5.74, 6) is 0.798. The van der Waals surface area contributed by atoms with Gasteiger partial charge < -0.3 is 9.26 Å². The minimum absolute atomic E-state index is 0.0826. The fraction of sp³-hybridized carbons (Fsp3) is 0.0667. The first kappa shape index (κ1) is 16.4. The van der Waals surface area contributed by atoms with Crippen molar-refractivity contribution in [1.29, 1.82) is 0 Å². The van der Waals surface area contributed by atoms with Gasteiger partial charge in [0.1, 0.15) is 5.75 Å². The molecule has 2 aromatic carbocycles. The molecule has 0 amide bonds. The zero-order chi connectivity index (χ0) is 17.3.